The molecule has 1 aliphatic heterocycles. The Hall–Kier alpha value is -0.870. The van der Waals surface area contributed by atoms with E-state index in [1.807, 2.05) is 12.1 Å². The van der Waals surface area contributed by atoms with Crippen LogP contribution in [-0.4, -0.2) is 26.0 Å². The SMILES string of the molecule is O=S1(=O)CCCNC2c3ccccc3CCC21. The molecule has 0 aromatic heterocycles. The minimum atomic E-state index is -2.93. The Morgan fingerprint density at radius 2 is 2.06 bits per heavy atom. The molecule has 1 aromatic carbocycles. The number of fused-ring (bicyclic) bond motifs is 3. The van der Waals surface area contributed by atoms with Gasteiger partial charge in [-0.25, -0.2) is 8.42 Å². The normalized spacial score (nSPS) is 31.1. The van der Waals surface area contributed by atoms with Crippen LogP contribution in [0, 0.1) is 0 Å². The van der Waals surface area contributed by atoms with Gasteiger partial charge in [0.2, 0.25) is 0 Å². The molecule has 0 amide bonds. The van der Waals surface area contributed by atoms with Crippen LogP contribution in [0.4, 0.5) is 0 Å². The van der Waals surface area contributed by atoms with Gasteiger partial charge in [0.25, 0.3) is 0 Å². The van der Waals surface area contributed by atoms with E-state index in [1.165, 1.54) is 11.1 Å². The third-order valence-corrected chi connectivity index (χ3v) is 6.18. The Balaban J connectivity index is 2.07. The maximum absolute atomic E-state index is 12.2. The van der Waals surface area contributed by atoms with E-state index < -0.39 is 9.84 Å². The molecule has 1 aromatic rings. The van der Waals surface area contributed by atoms with Crippen LogP contribution in [0.25, 0.3) is 0 Å². The van der Waals surface area contributed by atoms with Crippen LogP contribution in [0.5, 0.6) is 0 Å². The Morgan fingerprint density at radius 1 is 1.24 bits per heavy atom. The van der Waals surface area contributed by atoms with Gasteiger partial charge >= 0.3 is 0 Å². The minimum Gasteiger partial charge on any atom is -0.309 e. The summed E-state index contributed by atoms with van der Waals surface area (Å²) in [7, 11) is -2.93. The summed E-state index contributed by atoms with van der Waals surface area (Å²) in [5.41, 5.74) is 2.49. The van der Waals surface area contributed by atoms with Gasteiger partial charge in [-0.2, -0.15) is 0 Å². The topological polar surface area (TPSA) is 46.2 Å². The lowest BCUT2D eigenvalue weighted by Gasteiger charge is -2.32. The van der Waals surface area contributed by atoms with Gasteiger partial charge in [0, 0.05) is 6.04 Å². The van der Waals surface area contributed by atoms with Crippen molar-refractivity contribution in [3.05, 3.63) is 35.4 Å². The Kier molecular flexibility index (Phi) is 2.71. The van der Waals surface area contributed by atoms with Crippen molar-refractivity contribution < 1.29 is 8.42 Å². The summed E-state index contributed by atoms with van der Waals surface area (Å²) in [5.74, 6) is 0.337. The number of aryl methyl sites for hydroxylation is 1. The number of rotatable bonds is 0. The van der Waals surface area contributed by atoms with Gasteiger partial charge in [-0.15, -0.1) is 0 Å². The zero-order chi connectivity index (χ0) is 11.9. The number of nitrogens with one attached hydrogen (secondary N) is 1. The molecule has 1 aliphatic carbocycles. The lowest BCUT2D eigenvalue weighted by molar-refractivity contribution is 0.464. The second kappa shape index (κ2) is 4.10. The van der Waals surface area contributed by atoms with Crippen LogP contribution in [0.2, 0.25) is 0 Å². The van der Waals surface area contributed by atoms with Crippen molar-refractivity contribution in [1.29, 1.82) is 0 Å². The highest BCUT2D eigenvalue weighted by Crippen LogP contribution is 2.35. The molecule has 17 heavy (non-hydrogen) atoms. The molecule has 2 aliphatic rings. The van der Waals surface area contributed by atoms with Crippen molar-refractivity contribution in [3.8, 4) is 0 Å². The van der Waals surface area contributed by atoms with Crippen molar-refractivity contribution in [2.24, 2.45) is 0 Å². The first-order valence-electron chi connectivity index (χ1n) is 6.21. The van der Waals surface area contributed by atoms with E-state index in [2.05, 4.69) is 17.4 Å². The third kappa shape index (κ3) is 1.89. The average molecular weight is 251 g/mol. The third-order valence-electron chi connectivity index (χ3n) is 3.89. The predicted molar refractivity (Wildman–Crippen MR) is 67.7 cm³/mol. The van der Waals surface area contributed by atoms with Gasteiger partial charge in [-0.05, 0) is 36.9 Å². The highest BCUT2D eigenvalue weighted by molar-refractivity contribution is 7.92. The zero-order valence-corrected chi connectivity index (χ0v) is 10.5. The molecule has 92 valence electrons. The van der Waals surface area contributed by atoms with Crippen molar-refractivity contribution in [2.75, 3.05) is 12.3 Å². The van der Waals surface area contributed by atoms with Gasteiger partial charge in [0.15, 0.2) is 9.84 Å². The smallest absolute Gasteiger partial charge is 0.155 e. The summed E-state index contributed by atoms with van der Waals surface area (Å²) in [5, 5.41) is 3.19. The lowest BCUT2D eigenvalue weighted by Crippen LogP contribution is -2.38. The fourth-order valence-corrected chi connectivity index (χ4v) is 5.02. The summed E-state index contributed by atoms with van der Waals surface area (Å²) in [6.45, 7) is 0.800. The van der Waals surface area contributed by atoms with E-state index in [-0.39, 0.29) is 11.3 Å². The van der Waals surface area contributed by atoms with Crippen LogP contribution in [0.15, 0.2) is 24.3 Å². The summed E-state index contributed by atoms with van der Waals surface area (Å²) in [6.07, 6.45) is 2.38. The predicted octanol–water partition coefficient (Wildman–Crippen LogP) is 1.45. The second-order valence-corrected chi connectivity index (χ2v) is 7.27. The molecular formula is C13H17NO2S. The summed E-state index contributed by atoms with van der Waals surface area (Å²) in [4.78, 5) is 0. The van der Waals surface area contributed by atoms with Crippen molar-refractivity contribution in [2.45, 2.75) is 30.6 Å². The van der Waals surface area contributed by atoms with E-state index in [9.17, 15) is 8.42 Å². The summed E-state index contributed by atoms with van der Waals surface area (Å²) < 4.78 is 24.4. The van der Waals surface area contributed by atoms with Crippen LogP contribution in [0.3, 0.4) is 0 Å². The molecule has 0 radical (unpaired) electrons. The van der Waals surface area contributed by atoms with Crippen LogP contribution < -0.4 is 5.32 Å². The number of sulfone groups is 1. The Bertz CT molecular complexity index is 524. The molecule has 3 rings (SSSR count). The van der Waals surface area contributed by atoms with Gasteiger partial charge in [0.05, 0.1) is 11.0 Å². The fraction of sp³-hybridized carbons (Fsp3) is 0.538. The van der Waals surface area contributed by atoms with Gasteiger partial charge in [-0.3, -0.25) is 0 Å². The van der Waals surface area contributed by atoms with Gasteiger partial charge in [0.1, 0.15) is 0 Å². The largest absolute Gasteiger partial charge is 0.309 e. The molecule has 2 unspecified atom stereocenters. The van der Waals surface area contributed by atoms with Gasteiger partial charge < -0.3 is 5.32 Å². The van der Waals surface area contributed by atoms with Crippen LogP contribution in [-0.2, 0) is 16.3 Å². The minimum absolute atomic E-state index is 0.00690. The maximum Gasteiger partial charge on any atom is 0.155 e. The average Bonchev–Trinajstić information content (AvgIpc) is 2.48. The van der Waals surface area contributed by atoms with E-state index >= 15 is 0 Å². The molecule has 1 saturated heterocycles. The monoisotopic (exact) mass is 251 g/mol. The fourth-order valence-electron chi connectivity index (χ4n) is 3.04. The first-order valence-corrected chi connectivity index (χ1v) is 7.93. The van der Waals surface area contributed by atoms with E-state index in [4.69, 9.17) is 0 Å². The summed E-state index contributed by atoms with van der Waals surface area (Å²) >= 11 is 0. The number of benzene rings is 1. The van der Waals surface area contributed by atoms with Crippen molar-refractivity contribution in [1.82, 2.24) is 5.32 Å². The number of hydrogen-bond acceptors (Lipinski definition) is 3. The molecule has 2 atom stereocenters. The van der Waals surface area contributed by atoms with Crippen molar-refractivity contribution in [3.63, 3.8) is 0 Å². The lowest BCUT2D eigenvalue weighted by atomic mass is 9.87. The zero-order valence-electron chi connectivity index (χ0n) is 9.72. The van der Waals surface area contributed by atoms with Crippen LogP contribution >= 0.6 is 0 Å². The summed E-state index contributed by atoms with van der Waals surface area (Å²) in [6, 6.07) is 8.22. The molecule has 3 nitrogen and oxygen atoms in total. The van der Waals surface area contributed by atoms with E-state index in [0.29, 0.717) is 5.75 Å². The molecule has 1 fully saturated rings. The number of hydrogen-bond donors (Lipinski definition) is 1. The molecule has 1 N–H and O–H groups in total. The Labute approximate surface area is 102 Å². The van der Waals surface area contributed by atoms with E-state index in [0.717, 1.165) is 25.8 Å². The first-order chi connectivity index (χ1) is 8.18. The molecule has 0 spiro atoms. The maximum atomic E-state index is 12.2. The van der Waals surface area contributed by atoms with Crippen molar-refractivity contribution >= 4 is 9.84 Å². The second-order valence-electron chi connectivity index (χ2n) is 4.93. The highest BCUT2D eigenvalue weighted by Gasteiger charge is 2.39. The first kappa shape index (κ1) is 11.2. The van der Waals surface area contributed by atoms with Crippen LogP contribution in [0.1, 0.15) is 30.0 Å². The quantitative estimate of drug-likeness (QED) is 0.759. The molecular weight excluding hydrogens is 234 g/mol. The molecule has 0 bridgehead atoms. The molecule has 0 saturated carbocycles. The van der Waals surface area contributed by atoms with E-state index in [1.54, 1.807) is 0 Å². The molecule has 1 heterocycles. The standard InChI is InChI=1S/C13H17NO2S/c15-17(16)9-3-8-14-13-11-5-2-1-4-10(11)6-7-12(13)17/h1-2,4-5,12-14H,3,6-9H2. The highest BCUT2D eigenvalue weighted by atomic mass is 32.2. The Morgan fingerprint density at radius 3 is 2.94 bits per heavy atom. The van der Waals surface area contributed by atoms with Gasteiger partial charge in [-0.1, -0.05) is 24.3 Å². The molecule has 4 heteroatoms.